The van der Waals surface area contributed by atoms with Crippen molar-refractivity contribution in [2.75, 3.05) is 0 Å². The standard InChI is InChI=1S/C34H36N2O2S/c1-17-19(3)23(7)32-30(21(17)5)31-22(6)18(2)20(4)24(8)33(31)36(32)27-11-9-25(10-12-27)29-14-13-28(39-29)15-26(16-35)34(37)38/h9-14,17,21,26H,15H2,1-8H3,(H,37,38). The third-order valence-corrected chi connectivity index (χ3v) is 10.5. The Morgan fingerprint density at radius 2 is 1.59 bits per heavy atom. The van der Waals surface area contributed by atoms with Gasteiger partial charge in [-0.3, -0.25) is 4.79 Å². The third kappa shape index (κ3) is 4.13. The highest BCUT2D eigenvalue weighted by Gasteiger charge is 2.34. The summed E-state index contributed by atoms with van der Waals surface area (Å²) in [5.41, 5.74) is 14.7. The second-order valence-electron chi connectivity index (χ2n) is 11.2. The van der Waals surface area contributed by atoms with Crippen molar-refractivity contribution < 1.29 is 9.90 Å². The van der Waals surface area contributed by atoms with E-state index in [2.05, 4.69) is 84.2 Å². The fourth-order valence-corrected chi connectivity index (χ4v) is 7.34. The van der Waals surface area contributed by atoms with E-state index >= 15 is 0 Å². The van der Waals surface area contributed by atoms with Gasteiger partial charge in [-0.05, 0) is 117 Å². The van der Waals surface area contributed by atoms with Crippen molar-refractivity contribution in [3.05, 3.63) is 80.4 Å². The van der Waals surface area contributed by atoms with Crippen molar-refractivity contribution in [1.82, 2.24) is 4.57 Å². The van der Waals surface area contributed by atoms with Gasteiger partial charge in [-0.15, -0.1) is 11.3 Å². The molecule has 0 saturated heterocycles. The van der Waals surface area contributed by atoms with E-state index in [9.17, 15) is 9.90 Å². The normalized spacial score (nSPS) is 17.8. The Hall–Kier alpha value is -3.62. The molecule has 2 heterocycles. The van der Waals surface area contributed by atoms with Crippen LogP contribution in [0.15, 0.2) is 42.0 Å². The van der Waals surface area contributed by atoms with Crippen LogP contribution >= 0.6 is 11.3 Å². The number of thiophene rings is 1. The Morgan fingerprint density at radius 3 is 2.21 bits per heavy atom. The predicted molar refractivity (Wildman–Crippen MR) is 162 cm³/mol. The van der Waals surface area contributed by atoms with Crippen LogP contribution < -0.4 is 0 Å². The Morgan fingerprint density at radius 1 is 0.949 bits per heavy atom. The van der Waals surface area contributed by atoms with Gasteiger partial charge in [0.05, 0.1) is 17.3 Å². The molecule has 0 saturated carbocycles. The molecule has 0 bridgehead atoms. The molecule has 0 amide bonds. The summed E-state index contributed by atoms with van der Waals surface area (Å²) >= 11 is 1.56. The van der Waals surface area contributed by atoms with Gasteiger partial charge in [-0.25, -0.2) is 0 Å². The highest BCUT2D eigenvalue weighted by molar-refractivity contribution is 7.15. The summed E-state index contributed by atoms with van der Waals surface area (Å²) in [6.45, 7) is 18.4. The number of hydrogen-bond donors (Lipinski definition) is 1. The first kappa shape index (κ1) is 27.0. The molecule has 0 spiro atoms. The van der Waals surface area contributed by atoms with Crippen LogP contribution in [-0.4, -0.2) is 15.6 Å². The van der Waals surface area contributed by atoms with Crippen LogP contribution in [0, 0.1) is 50.9 Å². The molecular formula is C34H36N2O2S. The number of nitrogens with zero attached hydrogens (tertiary/aromatic N) is 2. The van der Waals surface area contributed by atoms with Crippen LogP contribution in [0.3, 0.4) is 0 Å². The van der Waals surface area contributed by atoms with Gasteiger partial charge in [0.15, 0.2) is 0 Å². The van der Waals surface area contributed by atoms with E-state index in [-0.39, 0.29) is 6.42 Å². The van der Waals surface area contributed by atoms with Gasteiger partial charge in [-0.1, -0.05) is 31.6 Å². The Balaban J connectivity index is 1.67. The summed E-state index contributed by atoms with van der Waals surface area (Å²) in [5, 5.41) is 19.8. The molecule has 0 radical (unpaired) electrons. The molecule has 1 aliphatic rings. The number of aliphatic carboxylic acids is 1. The first-order valence-electron chi connectivity index (χ1n) is 13.6. The Labute approximate surface area is 235 Å². The van der Waals surface area contributed by atoms with Gasteiger partial charge in [0.2, 0.25) is 0 Å². The van der Waals surface area contributed by atoms with Gasteiger partial charge in [-0.2, -0.15) is 5.26 Å². The molecule has 0 fully saturated rings. The van der Waals surface area contributed by atoms with Crippen molar-refractivity contribution in [1.29, 1.82) is 5.26 Å². The van der Waals surface area contributed by atoms with Crippen molar-refractivity contribution in [3.8, 4) is 22.2 Å². The molecule has 3 unspecified atom stereocenters. The summed E-state index contributed by atoms with van der Waals surface area (Å²) in [6, 6.07) is 14.6. The fraction of sp³-hybridized carbons (Fsp3) is 0.353. The number of hydrogen-bond acceptors (Lipinski definition) is 3. The first-order valence-corrected chi connectivity index (χ1v) is 14.4. The van der Waals surface area contributed by atoms with Gasteiger partial charge in [0, 0.05) is 27.2 Å². The number of carboxylic acid groups (broad SMARTS) is 1. The number of aryl methyl sites for hydroxylation is 2. The molecule has 4 aromatic rings. The minimum atomic E-state index is -1.07. The van der Waals surface area contributed by atoms with E-state index in [1.165, 1.54) is 55.6 Å². The van der Waals surface area contributed by atoms with Crippen LogP contribution in [0.2, 0.25) is 0 Å². The van der Waals surface area contributed by atoms with Gasteiger partial charge >= 0.3 is 5.97 Å². The maximum Gasteiger partial charge on any atom is 0.321 e. The number of rotatable bonds is 5. The monoisotopic (exact) mass is 536 g/mol. The van der Waals surface area contributed by atoms with Gasteiger partial charge in [0.25, 0.3) is 0 Å². The first-order chi connectivity index (χ1) is 18.5. The lowest BCUT2D eigenvalue weighted by molar-refractivity contribution is -0.139. The molecule has 5 rings (SSSR count). The summed E-state index contributed by atoms with van der Waals surface area (Å²) < 4.78 is 2.49. The second kappa shape index (κ2) is 9.84. The molecule has 39 heavy (non-hydrogen) atoms. The lowest BCUT2D eigenvalue weighted by atomic mass is 9.75. The van der Waals surface area contributed by atoms with Gasteiger partial charge in [0.1, 0.15) is 5.92 Å². The Kier molecular flexibility index (Phi) is 6.81. The maximum atomic E-state index is 11.3. The van der Waals surface area contributed by atoms with E-state index in [0.717, 1.165) is 21.0 Å². The molecular weight excluding hydrogens is 500 g/mol. The van der Waals surface area contributed by atoms with Crippen molar-refractivity contribution in [3.63, 3.8) is 0 Å². The van der Waals surface area contributed by atoms with E-state index in [0.29, 0.717) is 11.8 Å². The molecule has 200 valence electrons. The molecule has 0 aliphatic heterocycles. The van der Waals surface area contributed by atoms with Crippen molar-refractivity contribution in [2.45, 2.75) is 67.7 Å². The van der Waals surface area contributed by atoms with E-state index in [1.54, 1.807) is 11.3 Å². The number of aromatic nitrogens is 1. The highest BCUT2D eigenvalue weighted by atomic mass is 32.1. The average Bonchev–Trinajstić information content (AvgIpc) is 3.54. The quantitative estimate of drug-likeness (QED) is 0.277. The average molecular weight is 537 g/mol. The minimum Gasteiger partial charge on any atom is -0.480 e. The largest absolute Gasteiger partial charge is 0.480 e. The lowest BCUT2D eigenvalue weighted by Crippen LogP contribution is -2.17. The summed E-state index contributed by atoms with van der Waals surface area (Å²) in [4.78, 5) is 13.3. The van der Waals surface area contributed by atoms with E-state index in [1.807, 2.05) is 18.2 Å². The summed E-state index contributed by atoms with van der Waals surface area (Å²) in [5.74, 6) is -1.16. The van der Waals surface area contributed by atoms with E-state index < -0.39 is 11.9 Å². The zero-order valence-electron chi connectivity index (χ0n) is 24.1. The second-order valence-corrected chi connectivity index (χ2v) is 12.4. The smallest absolute Gasteiger partial charge is 0.321 e. The predicted octanol–water partition coefficient (Wildman–Crippen LogP) is 8.91. The molecule has 2 aromatic heterocycles. The fourth-order valence-electron chi connectivity index (χ4n) is 6.28. The number of benzene rings is 2. The zero-order chi connectivity index (χ0) is 28.3. The van der Waals surface area contributed by atoms with Crippen molar-refractivity contribution >= 4 is 33.8 Å². The van der Waals surface area contributed by atoms with Crippen LogP contribution in [0.5, 0.6) is 0 Å². The van der Waals surface area contributed by atoms with Crippen LogP contribution in [0.1, 0.15) is 72.0 Å². The topological polar surface area (TPSA) is 66.0 Å². The van der Waals surface area contributed by atoms with Crippen LogP contribution in [-0.2, 0) is 11.2 Å². The maximum absolute atomic E-state index is 11.3. The number of allylic oxidation sites excluding steroid dienone is 2. The summed E-state index contributed by atoms with van der Waals surface area (Å²) in [6.07, 6.45) is 0.231. The molecule has 1 aliphatic carbocycles. The highest BCUT2D eigenvalue weighted by Crippen LogP contribution is 2.50. The minimum absolute atomic E-state index is 0.231. The van der Waals surface area contributed by atoms with Crippen molar-refractivity contribution in [2.24, 2.45) is 11.8 Å². The number of carbonyl (C=O) groups is 1. The molecule has 3 atom stereocenters. The van der Waals surface area contributed by atoms with Crippen LogP contribution in [0.25, 0.3) is 32.6 Å². The molecule has 4 nitrogen and oxygen atoms in total. The molecule has 5 heteroatoms. The van der Waals surface area contributed by atoms with E-state index in [4.69, 9.17) is 5.26 Å². The lowest BCUT2D eigenvalue weighted by Gasteiger charge is -2.30. The third-order valence-electron chi connectivity index (χ3n) is 9.39. The van der Waals surface area contributed by atoms with Crippen LogP contribution in [0.4, 0.5) is 0 Å². The molecule has 1 N–H and O–H groups in total. The zero-order valence-corrected chi connectivity index (χ0v) is 24.9. The van der Waals surface area contributed by atoms with Gasteiger partial charge < -0.3 is 9.67 Å². The summed E-state index contributed by atoms with van der Waals surface area (Å²) in [7, 11) is 0. The molecule has 2 aromatic carbocycles. The number of fused-ring (bicyclic) bond motifs is 3. The Bertz CT molecular complexity index is 1710. The number of carboxylic acids is 1. The number of nitriles is 1. The SMILES string of the molecule is CC1=C(C)C(C)C(C)c2c1n(-c1ccc(-c3ccc(CC(C#N)C(=O)O)s3)cc1)c1c(C)c(C)c(C)c(C)c21.